The Balaban J connectivity index is 2.68. The van der Waals surface area contributed by atoms with Gasteiger partial charge < -0.3 is 20.4 Å². The molecule has 21 heavy (non-hydrogen) atoms. The maximum Gasteiger partial charge on any atom is 0.323 e. The third-order valence-corrected chi connectivity index (χ3v) is 2.38. The highest BCUT2D eigenvalue weighted by Crippen LogP contribution is 2.09. The first kappa shape index (κ1) is 16.3. The van der Waals surface area contributed by atoms with Crippen LogP contribution in [0.25, 0.3) is 0 Å². The molecule has 3 N–H and O–H groups in total. The van der Waals surface area contributed by atoms with Gasteiger partial charge in [0.15, 0.2) is 0 Å². The van der Waals surface area contributed by atoms with Crippen LogP contribution in [-0.2, 0) is 16.1 Å². The van der Waals surface area contributed by atoms with Crippen molar-refractivity contribution < 1.29 is 33.4 Å². The fraction of sp³-hybridized carbons (Fsp3) is 0.250. The van der Waals surface area contributed by atoms with Crippen LogP contribution < -0.4 is 5.32 Å². The average Bonchev–Trinajstić information content (AvgIpc) is 2.35. The Labute approximate surface area is 117 Å². The van der Waals surface area contributed by atoms with Crippen molar-refractivity contribution in [2.24, 2.45) is 0 Å². The largest absolute Gasteiger partial charge is 0.480 e. The van der Waals surface area contributed by atoms with Gasteiger partial charge in [0, 0.05) is 18.2 Å². The van der Waals surface area contributed by atoms with Gasteiger partial charge in [0.05, 0.1) is 0 Å². The number of urea groups is 1. The molecule has 0 atom stereocenters. The van der Waals surface area contributed by atoms with Crippen LogP contribution in [-0.4, -0.2) is 46.2 Å². The number of carbonyl (C=O) groups is 3. The molecule has 9 heteroatoms. The summed E-state index contributed by atoms with van der Waals surface area (Å²) in [6, 6.07) is 1.76. The van der Waals surface area contributed by atoms with Crippen molar-refractivity contribution in [3.8, 4) is 0 Å². The summed E-state index contributed by atoms with van der Waals surface area (Å²) in [7, 11) is 0. The Morgan fingerprint density at radius 1 is 1.10 bits per heavy atom. The summed E-state index contributed by atoms with van der Waals surface area (Å²) in [5, 5.41) is 19.3. The lowest BCUT2D eigenvalue weighted by Gasteiger charge is -2.19. The number of carbonyl (C=O) groups excluding carboxylic acids is 1. The highest BCUT2D eigenvalue weighted by Gasteiger charge is 2.19. The maximum absolute atomic E-state index is 13.3. The lowest BCUT2D eigenvalue weighted by molar-refractivity contribution is -0.140. The van der Waals surface area contributed by atoms with E-state index in [0.29, 0.717) is 11.0 Å². The Kier molecular flexibility index (Phi) is 5.58. The predicted molar refractivity (Wildman–Crippen MR) is 65.4 cm³/mol. The summed E-state index contributed by atoms with van der Waals surface area (Å²) >= 11 is 0. The minimum Gasteiger partial charge on any atom is -0.480 e. The number of nitrogens with zero attached hydrogens (tertiary/aromatic N) is 1. The van der Waals surface area contributed by atoms with Crippen molar-refractivity contribution in [2.75, 3.05) is 13.1 Å². The standard InChI is InChI=1S/C12H12F2N2O5/c13-8-2-1-7(9(14)3-8)4-15-12(21)16(5-10(17)18)6-11(19)20/h1-3H,4-6H2,(H,15,21)(H,17,18)(H,19,20). The number of amides is 2. The molecule has 0 aliphatic rings. The van der Waals surface area contributed by atoms with Crippen LogP contribution >= 0.6 is 0 Å². The van der Waals surface area contributed by atoms with E-state index in [9.17, 15) is 23.2 Å². The Morgan fingerprint density at radius 2 is 1.67 bits per heavy atom. The molecular formula is C12H12F2N2O5. The maximum atomic E-state index is 13.3. The number of carboxylic acid groups (broad SMARTS) is 2. The van der Waals surface area contributed by atoms with Crippen molar-refractivity contribution in [3.05, 3.63) is 35.4 Å². The van der Waals surface area contributed by atoms with E-state index in [1.807, 2.05) is 0 Å². The van der Waals surface area contributed by atoms with Gasteiger partial charge in [-0.25, -0.2) is 13.6 Å². The monoisotopic (exact) mass is 302 g/mol. The first-order valence-electron chi connectivity index (χ1n) is 5.70. The SMILES string of the molecule is O=C(O)CN(CC(=O)O)C(=O)NCc1ccc(F)cc1F. The van der Waals surface area contributed by atoms with Crippen LogP contribution in [0.15, 0.2) is 18.2 Å². The number of rotatable bonds is 6. The predicted octanol–water partition coefficient (Wildman–Crippen LogP) is 0.646. The second-order valence-electron chi connectivity index (χ2n) is 4.04. The second kappa shape index (κ2) is 7.17. The molecule has 0 aliphatic carbocycles. The van der Waals surface area contributed by atoms with Gasteiger partial charge in [-0.2, -0.15) is 0 Å². The zero-order chi connectivity index (χ0) is 16.0. The van der Waals surface area contributed by atoms with E-state index in [0.717, 1.165) is 12.1 Å². The average molecular weight is 302 g/mol. The van der Waals surface area contributed by atoms with Crippen LogP contribution in [0.5, 0.6) is 0 Å². The van der Waals surface area contributed by atoms with Gasteiger partial charge >= 0.3 is 18.0 Å². The molecule has 1 aromatic carbocycles. The molecule has 114 valence electrons. The zero-order valence-corrected chi connectivity index (χ0v) is 10.7. The smallest absolute Gasteiger partial charge is 0.323 e. The van der Waals surface area contributed by atoms with E-state index in [4.69, 9.17) is 10.2 Å². The molecule has 1 rings (SSSR count). The van der Waals surface area contributed by atoms with Gasteiger partial charge in [0.1, 0.15) is 24.7 Å². The molecular weight excluding hydrogens is 290 g/mol. The minimum atomic E-state index is -1.39. The molecule has 0 unspecified atom stereocenters. The third kappa shape index (κ3) is 5.43. The quantitative estimate of drug-likeness (QED) is 0.715. The van der Waals surface area contributed by atoms with Gasteiger partial charge in [0.25, 0.3) is 0 Å². The molecule has 0 spiro atoms. The van der Waals surface area contributed by atoms with Gasteiger partial charge in [-0.15, -0.1) is 0 Å². The number of nitrogens with one attached hydrogen (secondary N) is 1. The number of benzene rings is 1. The normalized spacial score (nSPS) is 10.0. The van der Waals surface area contributed by atoms with E-state index in [1.54, 1.807) is 0 Å². The molecule has 0 saturated carbocycles. The van der Waals surface area contributed by atoms with Crippen LogP contribution in [0, 0.1) is 11.6 Å². The number of aliphatic carboxylic acids is 2. The second-order valence-corrected chi connectivity index (χ2v) is 4.04. The first-order valence-corrected chi connectivity index (χ1v) is 5.70. The third-order valence-electron chi connectivity index (χ3n) is 2.38. The summed E-state index contributed by atoms with van der Waals surface area (Å²) < 4.78 is 26.0. The topological polar surface area (TPSA) is 107 Å². The van der Waals surface area contributed by atoms with Crippen molar-refractivity contribution >= 4 is 18.0 Å². The highest BCUT2D eigenvalue weighted by atomic mass is 19.1. The Morgan fingerprint density at radius 3 is 2.14 bits per heavy atom. The van der Waals surface area contributed by atoms with Crippen molar-refractivity contribution in [2.45, 2.75) is 6.54 Å². The van der Waals surface area contributed by atoms with Crippen molar-refractivity contribution in [1.82, 2.24) is 10.2 Å². The van der Waals surface area contributed by atoms with E-state index >= 15 is 0 Å². The zero-order valence-electron chi connectivity index (χ0n) is 10.7. The molecule has 7 nitrogen and oxygen atoms in total. The highest BCUT2D eigenvalue weighted by molar-refractivity contribution is 5.84. The number of carboxylic acids is 2. The number of halogens is 2. The van der Waals surface area contributed by atoms with E-state index in [-0.39, 0.29) is 12.1 Å². The molecule has 0 saturated heterocycles. The lowest BCUT2D eigenvalue weighted by atomic mass is 10.2. The fourth-order valence-corrected chi connectivity index (χ4v) is 1.47. The van der Waals surface area contributed by atoms with Crippen LogP contribution in [0.4, 0.5) is 13.6 Å². The van der Waals surface area contributed by atoms with Gasteiger partial charge in [-0.1, -0.05) is 6.07 Å². The van der Waals surface area contributed by atoms with Crippen LogP contribution in [0.1, 0.15) is 5.56 Å². The van der Waals surface area contributed by atoms with E-state index in [2.05, 4.69) is 5.32 Å². The summed E-state index contributed by atoms with van der Waals surface area (Å²) in [4.78, 5) is 33.3. The number of hydrogen-bond donors (Lipinski definition) is 3. The van der Waals surface area contributed by atoms with E-state index in [1.165, 1.54) is 0 Å². The summed E-state index contributed by atoms with van der Waals surface area (Å²) in [6.07, 6.45) is 0. The Hall–Kier alpha value is -2.71. The molecule has 2 amide bonds. The molecule has 0 fully saturated rings. The van der Waals surface area contributed by atoms with Gasteiger partial charge in [-0.3, -0.25) is 9.59 Å². The van der Waals surface area contributed by atoms with Crippen molar-refractivity contribution in [1.29, 1.82) is 0 Å². The summed E-state index contributed by atoms with van der Waals surface area (Å²) in [5.41, 5.74) is -0.0182. The number of hydrogen-bond acceptors (Lipinski definition) is 3. The van der Waals surface area contributed by atoms with Crippen LogP contribution in [0.3, 0.4) is 0 Å². The van der Waals surface area contributed by atoms with E-state index < -0.39 is 42.7 Å². The van der Waals surface area contributed by atoms with Gasteiger partial charge in [0.2, 0.25) is 0 Å². The first-order chi connectivity index (χ1) is 9.79. The molecule has 0 heterocycles. The fourth-order valence-electron chi connectivity index (χ4n) is 1.47. The molecule has 0 bridgehead atoms. The molecule has 0 aliphatic heterocycles. The van der Waals surface area contributed by atoms with Gasteiger partial charge in [-0.05, 0) is 6.07 Å². The summed E-state index contributed by atoms with van der Waals surface area (Å²) in [6.45, 7) is -1.96. The molecule has 0 aromatic heterocycles. The molecule has 0 radical (unpaired) electrons. The van der Waals surface area contributed by atoms with Crippen LogP contribution in [0.2, 0.25) is 0 Å². The van der Waals surface area contributed by atoms with Crippen molar-refractivity contribution in [3.63, 3.8) is 0 Å². The summed E-state index contributed by atoms with van der Waals surface area (Å²) in [5.74, 6) is -4.43. The lowest BCUT2D eigenvalue weighted by Crippen LogP contribution is -2.45. The Bertz CT molecular complexity index is 549. The molecule has 1 aromatic rings. The minimum absolute atomic E-state index is 0.0182.